The van der Waals surface area contributed by atoms with Crippen molar-refractivity contribution in [2.24, 2.45) is 0 Å². The molecule has 0 fully saturated rings. The van der Waals surface area contributed by atoms with Crippen LogP contribution in [0.15, 0.2) is 41.1 Å². The van der Waals surface area contributed by atoms with E-state index < -0.39 is 0 Å². The molecule has 1 heterocycles. The number of benzene rings is 1. The third-order valence-electron chi connectivity index (χ3n) is 3.04. The largest absolute Gasteiger partial charge is 0.376 e. The Kier molecular flexibility index (Phi) is 4.39. The molecule has 0 saturated heterocycles. The summed E-state index contributed by atoms with van der Waals surface area (Å²) in [6.07, 6.45) is 3.36. The monoisotopic (exact) mass is 333 g/mol. The van der Waals surface area contributed by atoms with E-state index in [0.29, 0.717) is 11.3 Å². The quantitative estimate of drug-likeness (QED) is 0.935. The number of carbonyl (C=O) groups excluding carboxylic acids is 1. The molecule has 0 aliphatic heterocycles. The van der Waals surface area contributed by atoms with Crippen molar-refractivity contribution in [1.82, 2.24) is 4.98 Å². The van der Waals surface area contributed by atoms with Gasteiger partial charge in [0.1, 0.15) is 0 Å². The van der Waals surface area contributed by atoms with Crippen molar-refractivity contribution in [2.75, 3.05) is 24.3 Å². The Morgan fingerprint density at radius 2 is 2.05 bits per heavy atom. The van der Waals surface area contributed by atoms with Gasteiger partial charge < -0.3 is 10.2 Å². The molecule has 0 atom stereocenters. The molecule has 0 unspecified atom stereocenters. The van der Waals surface area contributed by atoms with E-state index in [1.807, 2.05) is 44.1 Å². The molecule has 2 rings (SSSR count). The van der Waals surface area contributed by atoms with Gasteiger partial charge in [-0.1, -0.05) is 22.0 Å². The van der Waals surface area contributed by atoms with E-state index in [2.05, 4.69) is 26.2 Å². The molecule has 2 aromatic rings. The highest BCUT2D eigenvalue weighted by Crippen LogP contribution is 2.24. The van der Waals surface area contributed by atoms with Crippen LogP contribution in [0.2, 0.25) is 0 Å². The van der Waals surface area contributed by atoms with Gasteiger partial charge in [-0.3, -0.25) is 9.78 Å². The van der Waals surface area contributed by atoms with Crippen molar-refractivity contribution in [1.29, 1.82) is 0 Å². The number of aromatic nitrogens is 1. The first kappa shape index (κ1) is 14.5. The summed E-state index contributed by atoms with van der Waals surface area (Å²) in [6, 6.07) is 7.44. The summed E-state index contributed by atoms with van der Waals surface area (Å²) in [4.78, 5) is 18.4. The fourth-order valence-electron chi connectivity index (χ4n) is 1.92. The minimum absolute atomic E-state index is 0.139. The minimum atomic E-state index is -0.139. The van der Waals surface area contributed by atoms with Gasteiger partial charge in [0.15, 0.2) is 0 Å². The molecule has 0 saturated carbocycles. The first-order valence-electron chi connectivity index (χ1n) is 6.18. The highest BCUT2D eigenvalue weighted by Gasteiger charge is 2.13. The number of nitrogens with one attached hydrogen (secondary N) is 1. The highest BCUT2D eigenvalue weighted by molar-refractivity contribution is 9.10. The van der Waals surface area contributed by atoms with Crippen molar-refractivity contribution in [3.8, 4) is 0 Å². The zero-order valence-electron chi connectivity index (χ0n) is 11.6. The Bertz CT molecular complexity index is 641. The second-order valence-corrected chi connectivity index (χ2v) is 5.51. The lowest BCUT2D eigenvalue weighted by Crippen LogP contribution is -2.17. The fourth-order valence-corrected chi connectivity index (χ4v) is 2.28. The number of rotatable bonds is 3. The third kappa shape index (κ3) is 2.99. The van der Waals surface area contributed by atoms with E-state index in [0.717, 1.165) is 15.7 Å². The van der Waals surface area contributed by atoms with Gasteiger partial charge in [0, 0.05) is 30.3 Å². The molecule has 1 aromatic heterocycles. The Morgan fingerprint density at radius 1 is 1.30 bits per heavy atom. The van der Waals surface area contributed by atoms with Crippen LogP contribution in [0, 0.1) is 6.92 Å². The molecule has 1 N–H and O–H groups in total. The summed E-state index contributed by atoms with van der Waals surface area (Å²) in [5.41, 5.74) is 3.18. The lowest BCUT2D eigenvalue weighted by Gasteiger charge is -2.17. The molecule has 0 aliphatic carbocycles. The Morgan fingerprint density at radius 3 is 2.75 bits per heavy atom. The summed E-state index contributed by atoms with van der Waals surface area (Å²) >= 11 is 3.44. The van der Waals surface area contributed by atoms with Crippen LogP contribution in [0.3, 0.4) is 0 Å². The standard InChI is InChI=1S/C15H16BrN3O/c1-10-11(5-4-6-12(10)16)15(20)18-13-9-17-8-7-14(13)19(2)3/h4-9H,1-3H3,(H,18,20). The van der Waals surface area contributed by atoms with Crippen LogP contribution >= 0.6 is 15.9 Å². The molecule has 5 heteroatoms. The van der Waals surface area contributed by atoms with Gasteiger partial charge in [-0.15, -0.1) is 0 Å². The van der Waals surface area contributed by atoms with E-state index in [4.69, 9.17) is 0 Å². The van der Waals surface area contributed by atoms with E-state index in [9.17, 15) is 4.79 Å². The highest BCUT2D eigenvalue weighted by atomic mass is 79.9. The molecule has 20 heavy (non-hydrogen) atoms. The summed E-state index contributed by atoms with van der Waals surface area (Å²) in [7, 11) is 3.85. The van der Waals surface area contributed by atoms with Crippen LogP contribution < -0.4 is 10.2 Å². The summed E-state index contributed by atoms with van der Waals surface area (Å²) in [6.45, 7) is 1.91. The van der Waals surface area contributed by atoms with Gasteiger partial charge in [0.05, 0.1) is 17.6 Å². The molecule has 1 aromatic carbocycles. The van der Waals surface area contributed by atoms with Crippen LogP contribution in [0.1, 0.15) is 15.9 Å². The smallest absolute Gasteiger partial charge is 0.256 e. The van der Waals surface area contributed by atoms with E-state index >= 15 is 0 Å². The number of amides is 1. The number of halogens is 1. The Hall–Kier alpha value is -1.88. The van der Waals surface area contributed by atoms with Crippen LogP contribution in [-0.4, -0.2) is 25.0 Å². The normalized spacial score (nSPS) is 10.2. The lowest BCUT2D eigenvalue weighted by molar-refractivity contribution is 0.102. The second-order valence-electron chi connectivity index (χ2n) is 4.65. The van der Waals surface area contributed by atoms with Crippen molar-refractivity contribution in [2.45, 2.75) is 6.92 Å². The van der Waals surface area contributed by atoms with E-state index in [-0.39, 0.29) is 5.91 Å². The van der Waals surface area contributed by atoms with Gasteiger partial charge in [-0.05, 0) is 30.7 Å². The molecule has 4 nitrogen and oxygen atoms in total. The molecule has 0 spiro atoms. The number of pyridine rings is 1. The molecule has 104 valence electrons. The predicted octanol–water partition coefficient (Wildman–Crippen LogP) is 3.47. The van der Waals surface area contributed by atoms with E-state index in [1.54, 1.807) is 18.5 Å². The number of nitrogens with zero attached hydrogens (tertiary/aromatic N) is 2. The summed E-state index contributed by atoms with van der Waals surface area (Å²) in [5, 5.41) is 2.91. The maximum Gasteiger partial charge on any atom is 0.256 e. The van der Waals surface area contributed by atoms with Crippen LogP contribution in [0.4, 0.5) is 11.4 Å². The van der Waals surface area contributed by atoms with Gasteiger partial charge in [-0.2, -0.15) is 0 Å². The van der Waals surface area contributed by atoms with Crippen LogP contribution in [0.25, 0.3) is 0 Å². The average molecular weight is 334 g/mol. The fraction of sp³-hybridized carbons (Fsp3) is 0.200. The van der Waals surface area contributed by atoms with Crippen molar-refractivity contribution >= 4 is 33.2 Å². The van der Waals surface area contributed by atoms with Gasteiger partial charge in [-0.25, -0.2) is 0 Å². The first-order chi connectivity index (χ1) is 9.50. The van der Waals surface area contributed by atoms with Gasteiger partial charge >= 0.3 is 0 Å². The lowest BCUT2D eigenvalue weighted by atomic mass is 10.1. The third-order valence-corrected chi connectivity index (χ3v) is 3.90. The number of hydrogen-bond donors (Lipinski definition) is 1. The SMILES string of the molecule is Cc1c(Br)cccc1C(=O)Nc1cnccc1N(C)C. The van der Waals surface area contributed by atoms with Crippen LogP contribution in [0.5, 0.6) is 0 Å². The molecular weight excluding hydrogens is 318 g/mol. The maximum absolute atomic E-state index is 12.4. The van der Waals surface area contributed by atoms with E-state index in [1.165, 1.54) is 0 Å². The number of anilines is 2. The van der Waals surface area contributed by atoms with Crippen molar-refractivity contribution < 1.29 is 4.79 Å². The molecule has 0 radical (unpaired) electrons. The van der Waals surface area contributed by atoms with Crippen molar-refractivity contribution in [3.63, 3.8) is 0 Å². The summed E-state index contributed by atoms with van der Waals surface area (Å²) < 4.78 is 0.921. The Balaban J connectivity index is 2.31. The second kappa shape index (κ2) is 6.05. The zero-order valence-corrected chi connectivity index (χ0v) is 13.2. The summed E-state index contributed by atoms with van der Waals surface area (Å²) in [5.74, 6) is -0.139. The predicted molar refractivity (Wildman–Crippen MR) is 85.4 cm³/mol. The minimum Gasteiger partial charge on any atom is -0.376 e. The number of carbonyl (C=O) groups is 1. The molecular formula is C15H16BrN3O. The molecule has 0 bridgehead atoms. The topological polar surface area (TPSA) is 45.2 Å². The van der Waals surface area contributed by atoms with Gasteiger partial charge in [0.2, 0.25) is 0 Å². The first-order valence-corrected chi connectivity index (χ1v) is 6.98. The molecule has 0 aliphatic rings. The number of hydrogen-bond acceptors (Lipinski definition) is 3. The van der Waals surface area contributed by atoms with Gasteiger partial charge in [0.25, 0.3) is 5.91 Å². The van der Waals surface area contributed by atoms with Crippen LogP contribution in [-0.2, 0) is 0 Å². The average Bonchev–Trinajstić information content (AvgIpc) is 2.42. The molecule has 1 amide bonds. The zero-order chi connectivity index (χ0) is 14.7. The van der Waals surface area contributed by atoms with Crippen molar-refractivity contribution in [3.05, 3.63) is 52.3 Å². The maximum atomic E-state index is 12.4. The Labute approximate surface area is 127 Å².